The Hall–Kier alpha value is -2.40. The van der Waals surface area contributed by atoms with E-state index < -0.39 is 38.9 Å². The van der Waals surface area contributed by atoms with Crippen molar-refractivity contribution in [3.63, 3.8) is 0 Å². The lowest BCUT2D eigenvalue weighted by Crippen LogP contribution is -2.35. The van der Waals surface area contributed by atoms with Crippen LogP contribution in [-0.2, 0) is 10.0 Å². The molecule has 7 nitrogen and oxygen atoms in total. The van der Waals surface area contributed by atoms with Gasteiger partial charge in [-0.05, 0) is 26.0 Å². The van der Waals surface area contributed by atoms with Gasteiger partial charge in [-0.1, -0.05) is 5.16 Å². The molecular formula is C14H14F3N3O4S. The predicted molar refractivity (Wildman–Crippen MR) is 79.8 cm³/mol. The molecule has 1 aromatic heterocycles. The first-order chi connectivity index (χ1) is 11.6. The van der Waals surface area contributed by atoms with Crippen LogP contribution in [0.1, 0.15) is 21.8 Å². The van der Waals surface area contributed by atoms with E-state index in [0.29, 0.717) is 6.07 Å². The number of benzene rings is 1. The number of rotatable bonds is 6. The Morgan fingerprint density at radius 1 is 1.16 bits per heavy atom. The van der Waals surface area contributed by atoms with Gasteiger partial charge in [-0.3, -0.25) is 4.79 Å². The van der Waals surface area contributed by atoms with Crippen molar-refractivity contribution in [2.75, 3.05) is 13.1 Å². The third kappa shape index (κ3) is 3.99. The van der Waals surface area contributed by atoms with E-state index in [9.17, 15) is 26.4 Å². The van der Waals surface area contributed by atoms with Crippen LogP contribution in [0.4, 0.5) is 13.2 Å². The molecular weight excluding hydrogens is 363 g/mol. The van der Waals surface area contributed by atoms with Crippen LogP contribution < -0.4 is 10.0 Å². The quantitative estimate of drug-likeness (QED) is 0.586. The molecule has 0 radical (unpaired) electrons. The van der Waals surface area contributed by atoms with Crippen LogP contribution in [0.2, 0.25) is 0 Å². The summed E-state index contributed by atoms with van der Waals surface area (Å²) in [5, 5.41) is 5.73. The van der Waals surface area contributed by atoms with E-state index in [0.717, 1.165) is 6.07 Å². The van der Waals surface area contributed by atoms with E-state index in [1.165, 1.54) is 13.8 Å². The highest BCUT2D eigenvalue weighted by Crippen LogP contribution is 2.18. The molecule has 0 spiro atoms. The molecule has 1 heterocycles. The van der Waals surface area contributed by atoms with Crippen molar-refractivity contribution in [2.24, 2.45) is 0 Å². The minimum Gasteiger partial charge on any atom is -0.360 e. The fourth-order valence-electron chi connectivity index (χ4n) is 2.09. The molecule has 0 saturated carbocycles. The third-order valence-corrected chi connectivity index (χ3v) is 4.92. The average molecular weight is 377 g/mol. The normalized spacial score (nSPS) is 11.6. The van der Waals surface area contributed by atoms with E-state index in [1.54, 1.807) is 0 Å². The molecule has 0 saturated heterocycles. The van der Waals surface area contributed by atoms with Crippen molar-refractivity contribution in [1.29, 1.82) is 0 Å². The first kappa shape index (κ1) is 18.9. The standard InChI is InChI=1S/C14H14F3N3O4S/c1-7-13(8(2)24-20-7)25(22,23)19-6-5-18-14(21)9-3-4-10(15)12(17)11(9)16/h3-4,19H,5-6H2,1-2H3,(H,18,21). The Labute approximate surface area is 141 Å². The maximum absolute atomic E-state index is 13.5. The summed E-state index contributed by atoms with van der Waals surface area (Å²) in [5.74, 6) is -5.69. The molecule has 0 unspecified atom stereocenters. The summed E-state index contributed by atoms with van der Waals surface area (Å²) in [7, 11) is -3.90. The predicted octanol–water partition coefficient (Wildman–Crippen LogP) is 1.42. The second kappa shape index (κ2) is 7.23. The first-order valence-corrected chi connectivity index (χ1v) is 8.47. The second-order valence-electron chi connectivity index (χ2n) is 5.03. The van der Waals surface area contributed by atoms with E-state index in [4.69, 9.17) is 4.52 Å². The Bertz CT molecular complexity index is 893. The highest BCUT2D eigenvalue weighted by atomic mass is 32.2. The second-order valence-corrected chi connectivity index (χ2v) is 6.73. The number of carbonyl (C=O) groups excluding carboxylic acids is 1. The number of hydrogen-bond acceptors (Lipinski definition) is 5. The van der Waals surface area contributed by atoms with Gasteiger partial charge in [-0.25, -0.2) is 26.3 Å². The molecule has 0 fully saturated rings. The van der Waals surface area contributed by atoms with Crippen LogP contribution in [0.3, 0.4) is 0 Å². The molecule has 1 amide bonds. The van der Waals surface area contributed by atoms with Crippen molar-refractivity contribution in [3.8, 4) is 0 Å². The van der Waals surface area contributed by atoms with Gasteiger partial charge < -0.3 is 9.84 Å². The number of nitrogens with one attached hydrogen (secondary N) is 2. The van der Waals surface area contributed by atoms with Gasteiger partial charge in [0.15, 0.2) is 23.2 Å². The van der Waals surface area contributed by atoms with Crippen molar-refractivity contribution < 1.29 is 30.9 Å². The summed E-state index contributed by atoms with van der Waals surface area (Å²) >= 11 is 0. The Morgan fingerprint density at radius 3 is 2.44 bits per heavy atom. The van der Waals surface area contributed by atoms with Gasteiger partial charge in [0.25, 0.3) is 5.91 Å². The number of aromatic nitrogens is 1. The number of carbonyl (C=O) groups is 1. The zero-order valence-electron chi connectivity index (χ0n) is 13.2. The third-order valence-electron chi connectivity index (χ3n) is 3.22. The number of hydrogen-bond donors (Lipinski definition) is 2. The Balaban J connectivity index is 1.95. The van der Waals surface area contributed by atoms with E-state index >= 15 is 0 Å². The fraction of sp³-hybridized carbons (Fsp3) is 0.286. The van der Waals surface area contributed by atoms with Crippen molar-refractivity contribution in [2.45, 2.75) is 18.7 Å². The van der Waals surface area contributed by atoms with Crippen molar-refractivity contribution in [1.82, 2.24) is 15.2 Å². The maximum Gasteiger partial charge on any atom is 0.254 e. The lowest BCUT2D eigenvalue weighted by Gasteiger charge is -2.08. The van der Waals surface area contributed by atoms with Crippen LogP contribution in [0.15, 0.2) is 21.6 Å². The average Bonchev–Trinajstić information content (AvgIpc) is 2.88. The summed E-state index contributed by atoms with van der Waals surface area (Å²) in [6, 6.07) is 1.41. The molecule has 0 atom stereocenters. The summed E-state index contributed by atoms with van der Waals surface area (Å²) in [6.45, 7) is 2.46. The van der Waals surface area contributed by atoms with Gasteiger partial charge in [0, 0.05) is 13.1 Å². The summed E-state index contributed by atoms with van der Waals surface area (Å²) in [6.07, 6.45) is 0. The smallest absolute Gasteiger partial charge is 0.254 e. The Morgan fingerprint density at radius 2 is 1.84 bits per heavy atom. The number of sulfonamides is 1. The number of aryl methyl sites for hydroxylation is 2. The minimum atomic E-state index is -3.90. The number of halogens is 3. The van der Waals surface area contributed by atoms with E-state index in [1.807, 2.05) is 0 Å². The highest BCUT2D eigenvalue weighted by molar-refractivity contribution is 7.89. The molecule has 25 heavy (non-hydrogen) atoms. The van der Waals surface area contributed by atoms with Crippen LogP contribution >= 0.6 is 0 Å². The van der Waals surface area contributed by atoms with Gasteiger partial charge in [0.05, 0.1) is 5.56 Å². The van der Waals surface area contributed by atoms with E-state index in [-0.39, 0.29) is 29.4 Å². The lowest BCUT2D eigenvalue weighted by atomic mass is 10.2. The molecule has 0 bridgehead atoms. The van der Waals surface area contributed by atoms with E-state index in [2.05, 4.69) is 15.2 Å². The number of amides is 1. The van der Waals surface area contributed by atoms with Gasteiger partial charge in [-0.15, -0.1) is 0 Å². The molecule has 2 aromatic rings. The monoisotopic (exact) mass is 377 g/mol. The molecule has 2 rings (SSSR count). The largest absolute Gasteiger partial charge is 0.360 e. The SMILES string of the molecule is Cc1noc(C)c1S(=O)(=O)NCCNC(=O)c1ccc(F)c(F)c1F. The van der Waals surface area contributed by atoms with Gasteiger partial charge in [-0.2, -0.15) is 0 Å². The molecule has 2 N–H and O–H groups in total. The van der Waals surface area contributed by atoms with Crippen LogP contribution in [0, 0.1) is 31.3 Å². The van der Waals surface area contributed by atoms with Crippen LogP contribution in [-0.4, -0.2) is 32.6 Å². The topological polar surface area (TPSA) is 101 Å². The summed E-state index contributed by atoms with van der Waals surface area (Å²) in [4.78, 5) is 11.6. The fourth-order valence-corrected chi connectivity index (χ4v) is 3.45. The maximum atomic E-state index is 13.5. The first-order valence-electron chi connectivity index (χ1n) is 6.99. The van der Waals surface area contributed by atoms with Crippen molar-refractivity contribution in [3.05, 3.63) is 46.6 Å². The Kier molecular flexibility index (Phi) is 5.48. The molecule has 11 heteroatoms. The molecule has 1 aromatic carbocycles. The molecule has 0 aliphatic heterocycles. The zero-order chi connectivity index (χ0) is 18.8. The molecule has 136 valence electrons. The highest BCUT2D eigenvalue weighted by Gasteiger charge is 2.24. The van der Waals surface area contributed by atoms with Crippen LogP contribution in [0.25, 0.3) is 0 Å². The van der Waals surface area contributed by atoms with Crippen LogP contribution in [0.5, 0.6) is 0 Å². The molecule has 0 aliphatic carbocycles. The molecule has 0 aliphatic rings. The van der Waals surface area contributed by atoms with Gasteiger partial charge >= 0.3 is 0 Å². The van der Waals surface area contributed by atoms with Gasteiger partial charge in [0.2, 0.25) is 10.0 Å². The lowest BCUT2D eigenvalue weighted by molar-refractivity contribution is 0.0949. The number of nitrogens with zero attached hydrogens (tertiary/aromatic N) is 1. The minimum absolute atomic E-state index is 0.106. The zero-order valence-corrected chi connectivity index (χ0v) is 14.0. The summed E-state index contributed by atoms with van der Waals surface area (Å²) in [5.41, 5.74) is -0.509. The van der Waals surface area contributed by atoms with Gasteiger partial charge in [0.1, 0.15) is 10.6 Å². The summed E-state index contributed by atoms with van der Waals surface area (Å²) < 4.78 is 70.6. The van der Waals surface area contributed by atoms with Crippen molar-refractivity contribution >= 4 is 15.9 Å².